The number of benzene rings is 1. The largest absolute Gasteiger partial charge is 0.378 e. The van der Waals surface area contributed by atoms with E-state index in [-0.39, 0.29) is 24.3 Å². The monoisotopic (exact) mass is 388 g/mol. The van der Waals surface area contributed by atoms with Crippen LogP contribution in [0.1, 0.15) is 27.6 Å². The molecule has 0 N–H and O–H groups in total. The first-order valence-corrected chi connectivity index (χ1v) is 10.2. The number of ether oxygens (including phenoxy) is 2. The molecule has 0 saturated carbocycles. The Labute approximate surface area is 162 Å². The molecule has 2 aliphatic heterocycles. The van der Waals surface area contributed by atoms with Crippen LogP contribution in [-0.4, -0.2) is 74.7 Å². The molecule has 0 aliphatic carbocycles. The number of hydrogen-bond acceptors (Lipinski definition) is 5. The molecule has 7 heteroatoms. The van der Waals surface area contributed by atoms with Gasteiger partial charge < -0.3 is 19.3 Å². The Hall–Kier alpha value is -1.96. The van der Waals surface area contributed by atoms with Gasteiger partial charge in [-0.05, 0) is 23.4 Å². The number of likely N-dealkylation sites (tertiary alicyclic amines) is 1. The van der Waals surface area contributed by atoms with Crippen LogP contribution in [0.15, 0.2) is 24.3 Å². The third kappa shape index (κ3) is 3.59. The van der Waals surface area contributed by atoms with Crippen molar-refractivity contribution in [3.63, 3.8) is 0 Å². The maximum Gasteiger partial charge on any atom is 0.264 e. The van der Waals surface area contributed by atoms with Crippen molar-refractivity contribution >= 4 is 33.2 Å². The average molecular weight is 388 g/mol. The van der Waals surface area contributed by atoms with Crippen molar-refractivity contribution < 1.29 is 19.1 Å². The summed E-state index contributed by atoms with van der Waals surface area (Å²) in [6.45, 7) is 3.92. The summed E-state index contributed by atoms with van der Waals surface area (Å²) in [6.07, 6.45) is 0.875. The van der Waals surface area contributed by atoms with Gasteiger partial charge >= 0.3 is 0 Å². The molecule has 1 aromatic heterocycles. The number of fused-ring (bicyclic) bond motifs is 1. The van der Waals surface area contributed by atoms with Gasteiger partial charge in [-0.1, -0.05) is 18.2 Å². The zero-order valence-corrected chi connectivity index (χ0v) is 16.3. The topological polar surface area (TPSA) is 59.1 Å². The Bertz CT molecular complexity index is 844. The first-order chi connectivity index (χ1) is 13.2. The first-order valence-electron chi connectivity index (χ1n) is 9.34. The molecule has 6 nitrogen and oxygen atoms in total. The highest BCUT2D eigenvalue weighted by molar-refractivity contribution is 7.21. The second-order valence-corrected chi connectivity index (χ2v) is 8.06. The normalized spacial score (nSPS) is 20.4. The van der Waals surface area contributed by atoms with Crippen LogP contribution in [-0.2, 0) is 14.3 Å². The number of amides is 2. The smallest absolute Gasteiger partial charge is 0.264 e. The molecule has 0 spiro atoms. The van der Waals surface area contributed by atoms with Gasteiger partial charge in [0.15, 0.2) is 0 Å². The molecule has 0 radical (unpaired) electrons. The van der Waals surface area contributed by atoms with E-state index in [2.05, 4.69) is 12.1 Å². The van der Waals surface area contributed by atoms with E-state index in [1.165, 1.54) is 7.11 Å². The van der Waals surface area contributed by atoms with Gasteiger partial charge in [0.1, 0.15) is 6.61 Å². The molecule has 27 heavy (non-hydrogen) atoms. The molecular formula is C20H24N2O4S. The quantitative estimate of drug-likeness (QED) is 0.807. The van der Waals surface area contributed by atoms with Crippen molar-refractivity contribution in [2.45, 2.75) is 12.3 Å². The van der Waals surface area contributed by atoms with E-state index in [1.807, 2.05) is 21.9 Å². The summed E-state index contributed by atoms with van der Waals surface area (Å²) in [4.78, 5) is 30.0. The van der Waals surface area contributed by atoms with Crippen LogP contribution in [0.3, 0.4) is 0 Å². The van der Waals surface area contributed by atoms with Crippen molar-refractivity contribution in [2.24, 2.45) is 0 Å². The molecule has 2 aromatic rings. The summed E-state index contributed by atoms with van der Waals surface area (Å²) >= 11 is 1.57. The van der Waals surface area contributed by atoms with Crippen LogP contribution in [0.25, 0.3) is 10.1 Å². The lowest BCUT2D eigenvalue weighted by atomic mass is 9.94. The van der Waals surface area contributed by atoms with Gasteiger partial charge in [0, 0.05) is 43.9 Å². The van der Waals surface area contributed by atoms with E-state index >= 15 is 0 Å². The molecule has 1 aromatic carbocycles. The Morgan fingerprint density at radius 1 is 1.19 bits per heavy atom. The van der Waals surface area contributed by atoms with E-state index < -0.39 is 0 Å². The number of carbonyl (C=O) groups excluding carboxylic acids is 2. The molecule has 1 atom stereocenters. The van der Waals surface area contributed by atoms with E-state index in [9.17, 15) is 9.59 Å². The van der Waals surface area contributed by atoms with Crippen LogP contribution in [0, 0.1) is 0 Å². The summed E-state index contributed by atoms with van der Waals surface area (Å²) in [5, 5.41) is 1.14. The summed E-state index contributed by atoms with van der Waals surface area (Å²) < 4.78 is 11.5. The fourth-order valence-electron chi connectivity index (χ4n) is 3.98. The highest BCUT2D eigenvalue weighted by Crippen LogP contribution is 2.40. The predicted molar refractivity (Wildman–Crippen MR) is 104 cm³/mol. The molecule has 0 bridgehead atoms. The van der Waals surface area contributed by atoms with Gasteiger partial charge in [-0.15, -0.1) is 11.3 Å². The van der Waals surface area contributed by atoms with Crippen LogP contribution in [0.2, 0.25) is 0 Å². The average Bonchev–Trinajstić information content (AvgIpc) is 3.33. The number of carbonyl (C=O) groups is 2. The van der Waals surface area contributed by atoms with Crippen LogP contribution < -0.4 is 0 Å². The maximum absolute atomic E-state index is 13.2. The minimum Gasteiger partial charge on any atom is -0.378 e. The third-order valence-corrected chi connectivity index (χ3v) is 6.52. The van der Waals surface area contributed by atoms with Crippen molar-refractivity contribution in [3.8, 4) is 0 Å². The molecule has 3 heterocycles. The lowest BCUT2D eigenvalue weighted by Gasteiger charge is -2.27. The molecule has 144 valence electrons. The number of nitrogens with zero attached hydrogens (tertiary/aromatic N) is 2. The van der Waals surface area contributed by atoms with Crippen molar-refractivity contribution in [3.05, 3.63) is 34.7 Å². The minimum atomic E-state index is 0.0144. The predicted octanol–water partition coefficient (Wildman–Crippen LogP) is 2.34. The van der Waals surface area contributed by atoms with Crippen molar-refractivity contribution in [1.29, 1.82) is 0 Å². The fourth-order valence-corrected chi connectivity index (χ4v) is 5.23. The van der Waals surface area contributed by atoms with E-state index in [1.54, 1.807) is 11.3 Å². The van der Waals surface area contributed by atoms with Gasteiger partial charge in [0.05, 0.1) is 18.1 Å². The number of thiophene rings is 1. The number of morpholine rings is 1. The lowest BCUT2D eigenvalue weighted by molar-refractivity contribution is -0.134. The fraction of sp³-hybridized carbons (Fsp3) is 0.500. The van der Waals surface area contributed by atoms with Gasteiger partial charge in [0.2, 0.25) is 5.91 Å². The van der Waals surface area contributed by atoms with Crippen LogP contribution in [0.5, 0.6) is 0 Å². The molecule has 2 fully saturated rings. The van der Waals surface area contributed by atoms with Gasteiger partial charge in [-0.3, -0.25) is 9.59 Å². The Morgan fingerprint density at radius 2 is 1.96 bits per heavy atom. The zero-order chi connectivity index (χ0) is 18.8. The third-order valence-electron chi connectivity index (χ3n) is 5.34. The summed E-state index contributed by atoms with van der Waals surface area (Å²) in [5.41, 5.74) is 1.11. The maximum atomic E-state index is 13.2. The number of methoxy groups -OCH3 is 1. The van der Waals surface area contributed by atoms with Crippen LogP contribution in [0.4, 0.5) is 0 Å². The molecule has 2 amide bonds. The molecule has 1 unspecified atom stereocenters. The molecule has 2 saturated heterocycles. The SMILES string of the molecule is COCC(=O)N1CCC(c2c(C(=O)N3CCOCC3)sc3ccccc23)C1. The lowest BCUT2D eigenvalue weighted by Crippen LogP contribution is -2.40. The highest BCUT2D eigenvalue weighted by atomic mass is 32.1. The Balaban J connectivity index is 1.67. The molecular weight excluding hydrogens is 364 g/mol. The second-order valence-electron chi connectivity index (χ2n) is 7.00. The first kappa shape index (κ1) is 18.4. The highest BCUT2D eigenvalue weighted by Gasteiger charge is 2.33. The standard InChI is InChI=1S/C20H24N2O4S/c1-25-13-17(23)22-7-6-14(12-22)18-15-4-2-3-5-16(15)27-19(18)20(24)21-8-10-26-11-9-21/h2-5,14H,6-13H2,1H3. The molecule has 2 aliphatic rings. The second kappa shape index (κ2) is 7.96. The molecule has 4 rings (SSSR count). The van der Waals surface area contributed by atoms with Gasteiger partial charge in [-0.25, -0.2) is 0 Å². The van der Waals surface area contributed by atoms with E-state index in [4.69, 9.17) is 9.47 Å². The zero-order valence-electron chi connectivity index (χ0n) is 15.5. The summed E-state index contributed by atoms with van der Waals surface area (Å²) in [6, 6.07) is 8.19. The Kier molecular flexibility index (Phi) is 5.43. The summed E-state index contributed by atoms with van der Waals surface area (Å²) in [5.74, 6) is 0.290. The van der Waals surface area contributed by atoms with Crippen LogP contribution >= 0.6 is 11.3 Å². The van der Waals surface area contributed by atoms with Crippen molar-refractivity contribution in [1.82, 2.24) is 9.80 Å². The number of hydrogen-bond donors (Lipinski definition) is 0. The number of rotatable bonds is 4. The van der Waals surface area contributed by atoms with E-state index in [0.717, 1.165) is 26.9 Å². The van der Waals surface area contributed by atoms with Gasteiger partial charge in [-0.2, -0.15) is 0 Å². The van der Waals surface area contributed by atoms with E-state index in [0.29, 0.717) is 39.4 Å². The minimum absolute atomic E-state index is 0.0144. The van der Waals surface area contributed by atoms with Crippen molar-refractivity contribution in [2.75, 3.05) is 53.1 Å². The van der Waals surface area contributed by atoms with Gasteiger partial charge in [0.25, 0.3) is 5.91 Å². The Morgan fingerprint density at radius 3 is 2.74 bits per heavy atom. The summed E-state index contributed by atoms with van der Waals surface area (Å²) in [7, 11) is 1.54.